The van der Waals surface area contributed by atoms with Gasteiger partial charge in [0.2, 0.25) is 0 Å². The van der Waals surface area contributed by atoms with Crippen LogP contribution < -0.4 is 0 Å². The molecule has 0 aliphatic carbocycles. The Morgan fingerprint density at radius 2 is 1.05 bits per heavy atom. The lowest BCUT2D eigenvalue weighted by Crippen LogP contribution is -2.02. The van der Waals surface area contributed by atoms with Crippen LogP contribution in [0, 0.1) is 41.5 Å². The second-order valence-corrected chi connectivity index (χ2v) is 6.20. The Morgan fingerprint density at radius 3 is 1.32 bits per heavy atom. The highest BCUT2D eigenvalue weighted by molar-refractivity contribution is 5.78. The van der Waals surface area contributed by atoms with E-state index in [0.717, 1.165) is 23.0 Å². The third-order valence-corrected chi connectivity index (χ3v) is 4.83. The quantitative estimate of drug-likeness (QED) is 0.765. The summed E-state index contributed by atoms with van der Waals surface area (Å²) in [5.74, 6) is 4.07. The monoisotopic (exact) mass is 302 g/mol. The molecule has 22 heavy (non-hydrogen) atoms. The molecule has 0 saturated carbocycles. The zero-order valence-electron chi connectivity index (χ0n) is 14.6. The highest BCUT2D eigenvalue weighted by atomic mass is 16.3. The van der Waals surface area contributed by atoms with Gasteiger partial charge in [0.1, 0.15) is 28.8 Å². The van der Waals surface area contributed by atoms with Gasteiger partial charge in [-0.15, -0.1) is 0 Å². The van der Waals surface area contributed by atoms with Crippen molar-refractivity contribution in [2.75, 3.05) is 0 Å². The topological polar surface area (TPSA) is 43.4 Å². The number of furan rings is 2. The van der Waals surface area contributed by atoms with Gasteiger partial charge >= 0.3 is 0 Å². The summed E-state index contributed by atoms with van der Waals surface area (Å²) >= 11 is 0. The van der Waals surface area contributed by atoms with Gasteiger partial charge in [-0.25, -0.2) is 0 Å². The second-order valence-electron chi connectivity index (χ2n) is 6.20. The van der Waals surface area contributed by atoms with Crippen LogP contribution >= 0.6 is 0 Å². The smallest absolute Gasteiger partial charge is 0.133 e. The molecule has 3 nitrogen and oxygen atoms in total. The highest BCUT2D eigenvalue weighted by Gasteiger charge is 2.14. The van der Waals surface area contributed by atoms with Crippen LogP contribution in [0.3, 0.4) is 0 Å². The first-order chi connectivity index (χ1) is 10.3. The first-order valence-corrected chi connectivity index (χ1v) is 7.93. The van der Waals surface area contributed by atoms with Crippen LogP contribution in [0.4, 0.5) is 0 Å². The summed E-state index contributed by atoms with van der Waals surface area (Å²) in [6.45, 7) is 12.2. The molecule has 2 rings (SSSR count). The minimum Gasteiger partial charge on any atom is -0.466 e. The third kappa shape index (κ3) is 3.34. The minimum absolute atomic E-state index is 0.261. The van der Waals surface area contributed by atoms with E-state index >= 15 is 0 Å². The van der Waals surface area contributed by atoms with Gasteiger partial charge in [-0.2, -0.15) is 0 Å². The maximum atomic E-state index is 12.1. The molecule has 0 aliphatic heterocycles. The Balaban J connectivity index is 1.88. The molecule has 2 aromatic heterocycles. The van der Waals surface area contributed by atoms with Crippen LogP contribution in [-0.2, 0) is 17.6 Å². The summed E-state index contributed by atoms with van der Waals surface area (Å²) in [7, 11) is 0. The van der Waals surface area contributed by atoms with Crippen molar-refractivity contribution in [3.8, 4) is 0 Å². The first-order valence-electron chi connectivity index (χ1n) is 7.93. The number of rotatable bonds is 6. The molecule has 0 spiro atoms. The Labute approximate surface area is 132 Å². The zero-order chi connectivity index (χ0) is 16.4. The third-order valence-electron chi connectivity index (χ3n) is 4.83. The maximum Gasteiger partial charge on any atom is 0.133 e. The van der Waals surface area contributed by atoms with Crippen molar-refractivity contribution in [1.82, 2.24) is 0 Å². The van der Waals surface area contributed by atoms with Gasteiger partial charge in [0.05, 0.1) is 0 Å². The van der Waals surface area contributed by atoms with Crippen molar-refractivity contribution in [1.29, 1.82) is 0 Å². The van der Waals surface area contributed by atoms with Gasteiger partial charge in [-0.05, 0) is 63.8 Å². The van der Waals surface area contributed by atoms with E-state index in [1.54, 1.807) is 0 Å². The Bertz CT molecular complexity index is 628. The molecule has 0 fully saturated rings. The van der Waals surface area contributed by atoms with Gasteiger partial charge in [-0.3, -0.25) is 4.79 Å². The van der Waals surface area contributed by atoms with Crippen LogP contribution in [0.25, 0.3) is 0 Å². The minimum atomic E-state index is 0.261. The van der Waals surface area contributed by atoms with Crippen LogP contribution in [0.5, 0.6) is 0 Å². The van der Waals surface area contributed by atoms with Crippen molar-refractivity contribution in [2.45, 2.75) is 67.2 Å². The molecular formula is C19H26O3. The molecule has 0 bridgehead atoms. The Kier molecular flexibility index (Phi) is 4.94. The molecule has 0 aromatic carbocycles. The van der Waals surface area contributed by atoms with Crippen molar-refractivity contribution in [2.24, 2.45) is 0 Å². The summed E-state index contributed by atoms with van der Waals surface area (Å²) in [5, 5.41) is 0. The predicted octanol–water partition coefficient (Wildman–Crippen LogP) is 4.86. The second kappa shape index (κ2) is 6.55. The zero-order valence-corrected chi connectivity index (χ0v) is 14.6. The fourth-order valence-electron chi connectivity index (χ4n) is 2.73. The Morgan fingerprint density at radius 1 is 0.682 bits per heavy atom. The normalized spacial score (nSPS) is 11.2. The first kappa shape index (κ1) is 16.6. The van der Waals surface area contributed by atoms with E-state index in [0.29, 0.717) is 25.7 Å². The molecule has 3 heteroatoms. The number of carbonyl (C=O) groups excluding carboxylic acids is 1. The highest BCUT2D eigenvalue weighted by Crippen LogP contribution is 2.23. The SMILES string of the molecule is Cc1oc(CCC(=O)CCc2oc(C)c(C)c2C)c(C)c1C. The number of ketones is 1. The largest absolute Gasteiger partial charge is 0.466 e. The molecule has 120 valence electrons. The summed E-state index contributed by atoms with van der Waals surface area (Å²) < 4.78 is 11.5. The number of hydrogen-bond acceptors (Lipinski definition) is 3. The van der Waals surface area contributed by atoms with Crippen molar-refractivity contribution >= 4 is 5.78 Å². The van der Waals surface area contributed by atoms with E-state index in [2.05, 4.69) is 27.7 Å². The van der Waals surface area contributed by atoms with E-state index in [9.17, 15) is 4.79 Å². The average Bonchev–Trinajstić information content (AvgIpc) is 2.88. The molecule has 0 unspecified atom stereocenters. The van der Waals surface area contributed by atoms with E-state index in [1.807, 2.05) is 13.8 Å². The molecule has 0 radical (unpaired) electrons. The van der Waals surface area contributed by atoms with Gasteiger partial charge < -0.3 is 8.83 Å². The van der Waals surface area contributed by atoms with Gasteiger partial charge in [-0.1, -0.05) is 0 Å². The van der Waals surface area contributed by atoms with Gasteiger partial charge in [0.15, 0.2) is 0 Å². The van der Waals surface area contributed by atoms with Gasteiger partial charge in [0, 0.05) is 25.7 Å². The molecule has 2 aromatic rings. The molecule has 0 amide bonds. The lowest BCUT2D eigenvalue weighted by molar-refractivity contribution is -0.119. The van der Waals surface area contributed by atoms with Crippen molar-refractivity contribution < 1.29 is 13.6 Å². The molecule has 0 N–H and O–H groups in total. The summed E-state index contributed by atoms with van der Waals surface area (Å²) in [4.78, 5) is 12.1. The molecular weight excluding hydrogens is 276 g/mol. The maximum absolute atomic E-state index is 12.1. The Hall–Kier alpha value is -1.77. The van der Waals surface area contributed by atoms with E-state index in [4.69, 9.17) is 8.83 Å². The number of hydrogen-bond donors (Lipinski definition) is 0. The number of aryl methyl sites for hydroxylation is 4. The van der Waals surface area contributed by atoms with Gasteiger partial charge in [0.25, 0.3) is 0 Å². The van der Waals surface area contributed by atoms with E-state index in [1.165, 1.54) is 22.3 Å². The molecule has 0 aliphatic rings. The fraction of sp³-hybridized carbons (Fsp3) is 0.526. The summed E-state index contributed by atoms with van der Waals surface area (Å²) in [6.07, 6.45) is 2.44. The van der Waals surface area contributed by atoms with Crippen LogP contribution in [0.2, 0.25) is 0 Å². The predicted molar refractivity (Wildman–Crippen MR) is 87.5 cm³/mol. The van der Waals surface area contributed by atoms with Crippen LogP contribution in [0.15, 0.2) is 8.83 Å². The fourth-order valence-corrected chi connectivity index (χ4v) is 2.73. The van der Waals surface area contributed by atoms with Crippen LogP contribution in [-0.4, -0.2) is 5.78 Å². The average molecular weight is 302 g/mol. The number of carbonyl (C=O) groups is 1. The lowest BCUT2D eigenvalue weighted by atomic mass is 10.0. The molecule has 0 saturated heterocycles. The number of Topliss-reactive ketones (excluding diaryl/α,β-unsaturated/α-hetero) is 1. The summed E-state index contributed by atoms with van der Waals surface area (Å²) in [6, 6.07) is 0. The molecule has 2 heterocycles. The standard InChI is InChI=1S/C19H26O3/c1-11-13(3)18(21-15(11)5)9-7-17(20)8-10-19-14(4)12(2)16(6)22-19/h7-10H2,1-6H3. The molecule has 0 atom stereocenters. The van der Waals surface area contributed by atoms with E-state index in [-0.39, 0.29) is 5.78 Å². The van der Waals surface area contributed by atoms with E-state index < -0.39 is 0 Å². The summed E-state index contributed by atoms with van der Waals surface area (Å²) in [5.41, 5.74) is 4.75. The van der Waals surface area contributed by atoms with Crippen LogP contribution in [0.1, 0.15) is 58.1 Å². The lowest BCUT2D eigenvalue weighted by Gasteiger charge is -2.01. The van der Waals surface area contributed by atoms with Crippen molar-refractivity contribution in [3.63, 3.8) is 0 Å². The van der Waals surface area contributed by atoms with Crippen molar-refractivity contribution in [3.05, 3.63) is 45.3 Å².